The monoisotopic (exact) mass is 887 g/mol. The van der Waals surface area contributed by atoms with Crippen molar-refractivity contribution < 1.29 is 48.6 Å². The second-order valence-electron chi connectivity index (χ2n) is 16.2. The normalized spacial score (nSPS) is 15.0. The summed E-state index contributed by atoms with van der Waals surface area (Å²) in [6.07, 6.45) is 3.51. The Labute approximate surface area is 370 Å². The van der Waals surface area contributed by atoms with Gasteiger partial charge in [0, 0.05) is 54.0 Å². The second-order valence-corrected chi connectivity index (χ2v) is 16.2. The van der Waals surface area contributed by atoms with E-state index >= 15 is 0 Å². The van der Waals surface area contributed by atoms with Crippen molar-refractivity contribution in [1.29, 1.82) is 0 Å². The van der Waals surface area contributed by atoms with Gasteiger partial charge < -0.3 is 57.8 Å². The zero-order chi connectivity index (χ0) is 47.1. The first-order chi connectivity index (χ1) is 30.5. The summed E-state index contributed by atoms with van der Waals surface area (Å²) >= 11 is 0. The van der Waals surface area contributed by atoms with Crippen LogP contribution in [0.15, 0.2) is 60.9 Å². The molecule has 0 bridgehead atoms. The van der Waals surface area contributed by atoms with Gasteiger partial charge in [0.25, 0.3) is 0 Å². The van der Waals surface area contributed by atoms with Crippen LogP contribution in [0.3, 0.4) is 0 Å². The molecule has 8 unspecified atom stereocenters. The molecule has 0 aliphatic carbocycles. The van der Waals surface area contributed by atoms with E-state index < -0.39 is 102 Å². The van der Waals surface area contributed by atoms with Crippen LogP contribution in [0.4, 0.5) is 0 Å². The second kappa shape index (κ2) is 23.6. The molecule has 8 atom stereocenters. The maximum absolute atomic E-state index is 14.1. The summed E-state index contributed by atoms with van der Waals surface area (Å²) in [6, 6.07) is 6.63. The lowest BCUT2D eigenvalue weighted by Gasteiger charge is -2.30. The fourth-order valence-electron chi connectivity index (χ4n) is 7.38. The Bertz CT molecular complexity index is 2290. The molecule has 4 aromatic rings. The van der Waals surface area contributed by atoms with Crippen molar-refractivity contribution in [2.75, 3.05) is 6.54 Å². The number of amides is 6. The van der Waals surface area contributed by atoms with Crippen LogP contribution in [0.25, 0.3) is 21.8 Å². The number of para-hydroxylation sites is 2. The summed E-state index contributed by atoms with van der Waals surface area (Å²) in [5.74, 6) is -8.49. The van der Waals surface area contributed by atoms with Crippen molar-refractivity contribution >= 4 is 69.2 Å². The molecule has 2 heterocycles. The number of carboxylic acid groups (broad SMARTS) is 2. The Morgan fingerprint density at radius 2 is 1.03 bits per heavy atom. The third kappa shape index (κ3) is 13.6. The summed E-state index contributed by atoms with van der Waals surface area (Å²) in [5, 5.41) is 37.1. The maximum atomic E-state index is 14.1. The summed E-state index contributed by atoms with van der Waals surface area (Å²) in [6.45, 7) is 8.29. The molecule has 0 fully saturated rings. The van der Waals surface area contributed by atoms with Crippen LogP contribution in [0.2, 0.25) is 0 Å². The largest absolute Gasteiger partial charge is 0.481 e. The maximum Gasteiger partial charge on any atom is 0.326 e. The van der Waals surface area contributed by atoms with Crippen LogP contribution in [-0.2, 0) is 51.2 Å². The number of hydrogen-bond acceptors (Lipinski definition) is 9. The van der Waals surface area contributed by atoms with E-state index in [1.165, 1.54) is 6.92 Å². The van der Waals surface area contributed by atoms with Gasteiger partial charge in [-0.1, -0.05) is 76.9 Å². The molecule has 0 saturated carbocycles. The molecule has 19 heteroatoms. The number of fused-ring (bicyclic) bond motifs is 2. The Hall–Kier alpha value is -6.76. The molecule has 0 aliphatic rings. The number of hydrogen-bond donors (Lipinski definition) is 11. The van der Waals surface area contributed by atoms with Gasteiger partial charge in [-0.05, 0) is 54.5 Å². The number of benzene rings is 2. The van der Waals surface area contributed by atoms with Crippen molar-refractivity contribution in [3.05, 3.63) is 72.1 Å². The topological polar surface area (TPSA) is 307 Å². The van der Waals surface area contributed by atoms with Gasteiger partial charge in [0.05, 0.1) is 6.42 Å². The van der Waals surface area contributed by atoms with Gasteiger partial charge >= 0.3 is 11.9 Å². The lowest BCUT2D eigenvalue weighted by atomic mass is 9.94. The first-order valence-electron chi connectivity index (χ1n) is 21.5. The molecule has 19 nitrogen and oxygen atoms in total. The van der Waals surface area contributed by atoms with Gasteiger partial charge in [0.1, 0.15) is 36.3 Å². The molecule has 0 radical (unpaired) electrons. The Kier molecular flexibility index (Phi) is 18.4. The fraction of sp³-hybridized carbons (Fsp3) is 0.467. The summed E-state index contributed by atoms with van der Waals surface area (Å²) < 4.78 is 0. The van der Waals surface area contributed by atoms with Crippen molar-refractivity contribution in [2.45, 2.75) is 116 Å². The van der Waals surface area contributed by atoms with Gasteiger partial charge in [-0.25, -0.2) is 4.79 Å². The van der Waals surface area contributed by atoms with Crippen LogP contribution >= 0.6 is 0 Å². The number of carbonyl (C=O) groups is 8. The molecule has 0 saturated heterocycles. The van der Waals surface area contributed by atoms with E-state index in [4.69, 9.17) is 5.73 Å². The number of aromatic nitrogens is 2. The zero-order valence-corrected chi connectivity index (χ0v) is 36.8. The lowest BCUT2D eigenvalue weighted by Crippen LogP contribution is -2.61. The SMILES string of the molecule is CCC(C)C(NC(=O)C(CC(=O)O)NC(=O)C(CCCN)NC(=O)C(Cc1c[nH]c2ccccc12)NC(C)=O)C(=O)NC(C(=O)NC(Cc1c[nH]c2ccccc12)C(=O)O)C(C)CC. The van der Waals surface area contributed by atoms with Crippen molar-refractivity contribution in [3.63, 3.8) is 0 Å². The molecule has 0 aliphatic heterocycles. The highest BCUT2D eigenvalue weighted by molar-refractivity contribution is 5.98. The van der Waals surface area contributed by atoms with Crippen LogP contribution in [0, 0.1) is 11.8 Å². The smallest absolute Gasteiger partial charge is 0.326 e. The molecule has 0 spiro atoms. The molecular weight excluding hydrogens is 827 g/mol. The van der Waals surface area contributed by atoms with Crippen LogP contribution in [0.5, 0.6) is 0 Å². The molecule has 2 aromatic carbocycles. The Balaban J connectivity index is 1.51. The van der Waals surface area contributed by atoms with E-state index in [0.29, 0.717) is 18.4 Å². The first-order valence-corrected chi connectivity index (χ1v) is 21.5. The summed E-state index contributed by atoms with van der Waals surface area (Å²) in [7, 11) is 0. The summed E-state index contributed by atoms with van der Waals surface area (Å²) in [5.41, 5.74) is 8.75. The van der Waals surface area contributed by atoms with Crippen LogP contribution < -0.4 is 37.6 Å². The van der Waals surface area contributed by atoms with E-state index in [-0.39, 0.29) is 32.2 Å². The molecule has 12 N–H and O–H groups in total. The molecule has 4 rings (SSSR count). The van der Waals surface area contributed by atoms with E-state index in [1.54, 1.807) is 40.1 Å². The molecule has 6 amide bonds. The highest BCUT2D eigenvalue weighted by atomic mass is 16.4. The van der Waals surface area contributed by atoms with Crippen molar-refractivity contribution in [3.8, 4) is 0 Å². The van der Waals surface area contributed by atoms with Gasteiger partial charge in [-0.15, -0.1) is 0 Å². The third-order valence-electron chi connectivity index (χ3n) is 11.4. The minimum absolute atomic E-state index is 0.00313. The third-order valence-corrected chi connectivity index (χ3v) is 11.4. The van der Waals surface area contributed by atoms with Gasteiger partial charge in [-0.3, -0.25) is 33.6 Å². The average molecular weight is 888 g/mol. The van der Waals surface area contributed by atoms with Crippen LogP contribution in [0.1, 0.15) is 77.8 Å². The Morgan fingerprint density at radius 3 is 1.52 bits per heavy atom. The predicted octanol–water partition coefficient (Wildman–Crippen LogP) is 1.75. The van der Waals surface area contributed by atoms with Crippen LogP contribution in [-0.4, -0.2) is 110 Å². The number of rotatable bonds is 25. The number of nitrogens with one attached hydrogen (secondary N) is 8. The zero-order valence-electron chi connectivity index (χ0n) is 36.8. The number of aromatic amines is 2. The lowest BCUT2D eigenvalue weighted by molar-refractivity contribution is -0.142. The molecule has 346 valence electrons. The molecule has 64 heavy (non-hydrogen) atoms. The van der Waals surface area contributed by atoms with Gasteiger partial charge in [0.15, 0.2) is 0 Å². The highest BCUT2D eigenvalue weighted by Gasteiger charge is 2.37. The van der Waals surface area contributed by atoms with Crippen molar-refractivity contribution in [2.24, 2.45) is 17.6 Å². The standard InChI is InChI=1S/C45H61N9O10/c1-6-24(3)38(43(61)52-36(45(63)64)20-28-23-48-32-16-11-9-14-30(28)32)54-44(62)39(25(4)7-2)53-42(60)35(21-37(56)57)51-40(58)33(17-12-18-46)50-41(59)34(49-26(5)55)19-27-22-47-31-15-10-8-13-29(27)31/h8-11,13-16,22-25,33-36,38-39,47-48H,6-7,12,17-21,46H2,1-5H3,(H,49,55)(H,50,59)(H,51,58)(H,52,61)(H,53,60)(H,54,62)(H,56,57)(H,63,64). The molecule has 2 aromatic heterocycles. The number of carboxylic acids is 2. The molecular formula is C45H61N9O10. The minimum Gasteiger partial charge on any atom is -0.481 e. The van der Waals surface area contributed by atoms with Gasteiger partial charge in [-0.2, -0.15) is 0 Å². The van der Waals surface area contributed by atoms with Gasteiger partial charge in [0.2, 0.25) is 35.4 Å². The Morgan fingerprint density at radius 1 is 0.594 bits per heavy atom. The minimum atomic E-state index is -1.73. The van der Waals surface area contributed by atoms with E-state index in [1.807, 2.05) is 48.5 Å². The number of H-pyrrole nitrogens is 2. The quantitative estimate of drug-likeness (QED) is 0.0456. The first kappa shape index (κ1) is 49.9. The van der Waals surface area contributed by atoms with E-state index in [2.05, 4.69) is 41.9 Å². The number of aliphatic carboxylic acids is 2. The number of nitrogens with two attached hydrogens (primary N) is 1. The average Bonchev–Trinajstić information content (AvgIpc) is 3.87. The van der Waals surface area contributed by atoms with E-state index in [0.717, 1.165) is 27.4 Å². The highest BCUT2D eigenvalue weighted by Crippen LogP contribution is 2.21. The number of carbonyl (C=O) groups excluding carboxylic acids is 6. The fourth-order valence-corrected chi connectivity index (χ4v) is 7.38. The summed E-state index contributed by atoms with van der Waals surface area (Å²) in [4.78, 5) is 112. The van der Waals surface area contributed by atoms with E-state index in [9.17, 15) is 48.6 Å². The predicted molar refractivity (Wildman–Crippen MR) is 238 cm³/mol. The van der Waals surface area contributed by atoms with Crippen molar-refractivity contribution in [1.82, 2.24) is 41.9 Å².